The highest BCUT2D eigenvalue weighted by Gasteiger charge is 2.19. The van der Waals surface area contributed by atoms with Crippen molar-refractivity contribution in [1.82, 2.24) is 5.32 Å². The number of halogens is 2. The van der Waals surface area contributed by atoms with Crippen molar-refractivity contribution in [3.63, 3.8) is 0 Å². The van der Waals surface area contributed by atoms with Gasteiger partial charge >= 0.3 is 0 Å². The first-order chi connectivity index (χ1) is 8.22. The average molecular weight is 298 g/mol. The summed E-state index contributed by atoms with van der Waals surface area (Å²) in [5, 5.41) is 3.21. The number of nitrogens with one attached hydrogen (secondary N) is 1. The Balaban J connectivity index is 2.42. The fraction of sp³-hybridized carbons (Fsp3) is 0.231. The van der Waals surface area contributed by atoms with Gasteiger partial charge in [0.25, 0.3) is 0 Å². The first kappa shape index (κ1) is 12.3. The molecule has 0 aliphatic carbocycles. The third kappa shape index (κ3) is 2.76. The molecule has 0 spiro atoms. The molecule has 90 valence electrons. The maximum Gasteiger partial charge on any atom is 0.128 e. The zero-order valence-corrected chi connectivity index (χ0v) is 11.0. The Morgan fingerprint density at radius 1 is 1.41 bits per heavy atom. The van der Waals surface area contributed by atoms with Gasteiger partial charge in [-0.3, -0.25) is 0 Å². The lowest BCUT2D eigenvalue weighted by Crippen LogP contribution is -2.22. The van der Waals surface area contributed by atoms with E-state index in [0.29, 0.717) is 11.3 Å². The van der Waals surface area contributed by atoms with Crippen LogP contribution < -0.4 is 5.32 Å². The fourth-order valence-electron chi connectivity index (χ4n) is 1.76. The highest BCUT2D eigenvalue weighted by atomic mass is 79.9. The normalized spacial score (nSPS) is 12.6. The summed E-state index contributed by atoms with van der Waals surface area (Å²) >= 11 is 3.35. The molecule has 1 heterocycles. The molecule has 0 bridgehead atoms. The zero-order valence-electron chi connectivity index (χ0n) is 9.41. The van der Waals surface area contributed by atoms with Crippen LogP contribution >= 0.6 is 15.9 Å². The van der Waals surface area contributed by atoms with E-state index in [0.717, 1.165) is 11.0 Å². The molecule has 4 heteroatoms. The largest absolute Gasteiger partial charge is 0.467 e. The highest BCUT2D eigenvalue weighted by Crippen LogP contribution is 2.27. The van der Waals surface area contributed by atoms with E-state index < -0.39 is 0 Å². The first-order valence-electron chi connectivity index (χ1n) is 5.44. The van der Waals surface area contributed by atoms with Gasteiger partial charge in [-0.1, -0.05) is 22.9 Å². The molecule has 0 amide bonds. The van der Waals surface area contributed by atoms with Gasteiger partial charge in [0.1, 0.15) is 11.6 Å². The second kappa shape index (κ2) is 5.47. The monoisotopic (exact) mass is 297 g/mol. The van der Waals surface area contributed by atoms with Gasteiger partial charge < -0.3 is 9.73 Å². The summed E-state index contributed by atoms with van der Waals surface area (Å²) < 4.78 is 20.0. The Labute approximate surface area is 108 Å². The second-order valence-corrected chi connectivity index (χ2v) is 4.59. The average Bonchev–Trinajstić information content (AvgIpc) is 2.83. The van der Waals surface area contributed by atoms with Gasteiger partial charge in [0.05, 0.1) is 12.3 Å². The molecule has 1 unspecified atom stereocenters. The third-order valence-electron chi connectivity index (χ3n) is 2.50. The molecule has 2 nitrogen and oxygen atoms in total. The minimum absolute atomic E-state index is 0.240. The number of furan rings is 1. The van der Waals surface area contributed by atoms with Crippen molar-refractivity contribution < 1.29 is 8.81 Å². The summed E-state index contributed by atoms with van der Waals surface area (Å²) in [6.45, 7) is 2.71. The molecule has 0 radical (unpaired) electrons. The van der Waals surface area contributed by atoms with Crippen molar-refractivity contribution in [3.05, 3.63) is 58.2 Å². The molecule has 0 aliphatic heterocycles. The van der Waals surface area contributed by atoms with Crippen molar-refractivity contribution in [2.75, 3.05) is 6.54 Å². The van der Waals surface area contributed by atoms with Crippen LogP contribution in [0.4, 0.5) is 4.39 Å². The molecular weight excluding hydrogens is 285 g/mol. The summed E-state index contributed by atoms with van der Waals surface area (Å²) in [7, 11) is 0. The maximum absolute atomic E-state index is 13.8. The summed E-state index contributed by atoms with van der Waals surface area (Å²) in [5.74, 6) is 0.472. The van der Waals surface area contributed by atoms with Gasteiger partial charge in [-0.15, -0.1) is 0 Å². The molecule has 0 fully saturated rings. The highest BCUT2D eigenvalue weighted by molar-refractivity contribution is 9.10. The number of hydrogen-bond acceptors (Lipinski definition) is 2. The van der Waals surface area contributed by atoms with E-state index in [9.17, 15) is 4.39 Å². The van der Waals surface area contributed by atoms with Gasteiger partial charge in [0.15, 0.2) is 0 Å². The molecular formula is C13H13BrFNO. The summed E-state index contributed by atoms with van der Waals surface area (Å²) in [4.78, 5) is 0. The lowest BCUT2D eigenvalue weighted by molar-refractivity contribution is 0.441. The van der Waals surface area contributed by atoms with Gasteiger partial charge in [-0.2, -0.15) is 0 Å². The number of benzene rings is 1. The van der Waals surface area contributed by atoms with E-state index in [1.54, 1.807) is 24.5 Å². The van der Waals surface area contributed by atoms with Crippen LogP contribution in [0.1, 0.15) is 24.3 Å². The van der Waals surface area contributed by atoms with Gasteiger partial charge in [0, 0.05) is 10.0 Å². The predicted octanol–water partition coefficient (Wildman–Crippen LogP) is 3.88. The van der Waals surface area contributed by atoms with E-state index >= 15 is 0 Å². The van der Waals surface area contributed by atoms with Gasteiger partial charge in [-0.05, 0) is 36.9 Å². The molecule has 1 aromatic carbocycles. The Morgan fingerprint density at radius 3 is 2.88 bits per heavy atom. The summed E-state index contributed by atoms with van der Waals surface area (Å²) in [5.41, 5.74) is 0.580. The van der Waals surface area contributed by atoms with Crippen LogP contribution in [-0.2, 0) is 0 Å². The Morgan fingerprint density at radius 2 is 2.24 bits per heavy atom. The van der Waals surface area contributed by atoms with Crippen molar-refractivity contribution in [2.24, 2.45) is 0 Å². The van der Waals surface area contributed by atoms with E-state index in [-0.39, 0.29) is 11.9 Å². The molecule has 1 atom stereocenters. The Kier molecular flexibility index (Phi) is 3.97. The maximum atomic E-state index is 13.8. The minimum Gasteiger partial charge on any atom is -0.467 e. The number of rotatable bonds is 4. The second-order valence-electron chi connectivity index (χ2n) is 3.67. The van der Waals surface area contributed by atoms with Crippen LogP contribution in [0.3, 0.4) is 0 Å². The molecule has 1 N–H and O–H groups in total. The van der Waals surface area contributed by atoms with Crippen molar-refractivity contribution in [1.29, 1.82) is 0 Å². The molecule has 0 saturated carbocycles. The van der Waals surface area contributed by atoms with Crippen LogP contribution in [0.25, 0.3) is 0 Å². The van der Waals surface area contributed by atoms with E-state index in [1.165, 1.54) is 6.07 Å². The molecule has 17 heavy (non-hydrogen) atoms. The van der Waals surface area contributed by atoms with E-state index in [4.69, 9.17) is 4.42 Å². The Bertz CT molecular complexity index is 484. The molecule has 0 saturated heterocycles. The van der Waals surface area contributed by atoms with E-state index in [1.807, 2.05) is 13.0 Å². The van der Waals surface area contributed by atoms with Crippen LogP contribution in [-0.4, -0.2) is 6.54 Å². The lowest BCUT2D eigenvalue weighted by Gasteiger charge is -2.17. The summed E-state index contributed by atoms with van der Waals surface area (Å²) in [6, 6.07) is 8.29. The fourth-order valence-corrected chi connectivity index (χ4v) is 2.14. The SMILES string of the molecule is CCNC(c1ccco1)c1cc(Br)ccc1F. The molecule has 2 rings (SSSR count). The lowest BCUT2D eigenvalue weighted by atomic mass is 10.0. The van der Waals surface area contributed by atoms with E-state index in [2.05, 4.69) is 21.2 Å². The summed E-state index contributed by atoms with van der Waals surface area (Å²) in [6.07, 6.45) is 1.59. The smallest absolute Gasteiger partial charge is 0.128 e. The number of hydrogen-bond donors (Lipinski definition) is 1. The van der Waals surface area contributed by atoms with Crippen LogP contribution in [0, 0.1) is 5.82 Å². The quantitative estimate of drug-likeness (QED) is 0.926. The molecule has 0 aliphatic rings. The van der Waals surface area contributed by atoms with Crippen molar-refractivity contribution in [2.45, 2.75) is 13.0 Å². The van der Waals surface area contributed by atoms with Crippen LogP contribution in [0.15, 0.2) is 45.5 Å². The molecule has 1 aromatic heterocycles. The van der Waals surface area contributed by atoms with Crippen LogP contribution in [0.2, 0.25) is 0 Å². The standard InChI is InChI=1S/C13H13BrFNO/c1-2-16-13(12-4-3-7-17-12)10-8-9(14)5-6-11(10)15/h3-8,13,16H,2H2,1H3. The predicted molar refractivity (Wildman–Crippen MR) is 68.3 cm³/mol. The zero-order chi connectivity index (χ0) is 12.3. The molecule has 2 aromatic rings. The topological polar surface area (TPSA) is 25.2 Å². The van der Waals surface area contributed by atoms with Crippen molar-refractivity contribution >= 4 is 15.9 Å². The third-order valence-corrected chi connectivity index (χ3v) is 3.00. The van der Waals surface area contributed by atoms with Crippen LogP contribution in [0.5, 0.6) is 0 Å². The first-order valence-corrected chi connectivity index (χ1v) is 6.23. The minimum atomic E-state index is -0.257. The van der Waals surface area contributed by atoms with Gasteiger partial charge in [0.2, 0.25) is 0 Å². The van der Waals surface area contributed by atoms with Crippen molar-refractivity contribution in [3.8, 4) is 0 Å². The Hall–Kier alpha value is -1.13. The van der Waals surface area contributed by atoms with Gasteiger partial charge in [-0.25, -0.2) is 4.39 Å².